The van der Waals surface area contributed by atoms with Gasteiger partial charge in [0.15, 0.2) is 6.10 Å². The lowest BCUT2D eigenvalue weighted by atomic mass is 10.1. The topological polar surface area (TPSA) is 172 Å². The van der Waals surface area contributed by atoms with Crippen molar-refractivity contribution in [3.8, 4) is 0 Å². The summed E-state index contributed by atoms with van der Waals surface area (Å²) in [5.74, 6) is -2.46. The zero-order chi connectivity index (χ0) is 42.8. The van der Waals surface area contributed by atoms with E-state index in [0.717, 1.165) is 51.4 Å². The molecule has 0 aromatic rings. The van der Waals surface area contributed by atoms with Crippen LogP contribution in [0.3, 0.4) is 0 Å². The summed E-state index contributed by atoms with van der Waals surface area (Å²) in [6, 6.07) is -1.53. The third-order valence-electron chi connectivity index (χ3n) is 8.94. The molecule has 0 aliphatic heterocycles. The van der Waals surface area contributed by atoms with Crippen molar-refractivity contribution < 1.29 is 47.5 Å². The molecule has 0 spiro atoms. The molecule has 0 rings (SSSR count). The quantitative estimate of drug-likeness (QED) is 0.0232. The Morgan fingerprint density at radius 3 is 1.52 bits per heavy atom. The summed E-state index contributed by atoms with van der Waals surface area (Å²) in [6.45, 7) is 2.61. The summed E-state index contributed by atoms with van der Waals surface area (Å²) in [5.41, 5.74) is 5.33. The first-order chi connectivity index (χ1) is 28.1. The zero-order valence-corrected chi connectivity index (χ0v) is 36.8. The van der Waals surface area contributed by atoms with Crippen molar-refractivity contribution in [3.05, 3.63) is 72.9 Å². The largest absolute Gasteiger partial charge is 0.480 e. The Morgan fingerprint density at radius 1 is 0.552 bits per heavy atom. The van der Waals surface area contributed by atoms with E-state index in [1.54, 1.807) is 0 Å². The molecule has 0 aromatic heterocycles. The number of hydrogen-bond donors (Lipinski definition) is 3. The second-order valence-corrected chi connectivity index (χ2v) is 15.9. The number of esters is 2. The lowest BCUT2D eigenvalue weighted by Crippen LogP contribution is -2.34. The summed E-state index contributed by atoms with van der Waals surface area (Å²) >= 11 is 0. The highest BCUT2D eigenvalue weighted by molar-refractivity contribution is 7.47. The molecule has 11 nitrogen and oxygen atoms in total. The SMILES string of the molecule is CC/C=C/C/C=C/C/C=C/C/C=C/C/C=C/CCCC(=O)O[C@H](COC(=O)CCCCCCCCCCC/C=C/CCCCCC)COP(=O)(O)OC[C@H](N)C(=O)O. The Morgan fingerprint density at radius 2 is 0.983 bits per heavy atom. The Kier molecular flexibility index (Phi) is 38.5. The van der Waals surface area contributed by atoms with Crippen molar-refractivity contribution in [3.63, 3.8) is 0 Å². The molecule has 0 aliphatic carbocycles. The summed E-state index contributed by atoms with van der Waals surface area (Å²) in [6.07, 6.45) is 48.3. The van der Waals surface area contributed by atoms with Crippen molar-refractivity contribution in [2.45, 2.75) is 180 Å². The number of allylic oxidation sites excluding steroid dienone is 12. The van der Waals surface area contributed by atoms with Crippen LogP contribution in [0.25, 0.3) is 0 Å². The molecule has 0 saturated heterocycles. The number of rotatable bonds is 40. The molecule has 3 atom stereocenters. The van der Waals surface area contributed by atoms with Crippen LogP contribution in [-0.4, -0.2) is 59.9 Å². The van der Waals surface area contributed by atoms with Gasteiger partial charge in [0.25, 0.3) is 0 Å². The van der Waals surface area contributed by atoms with E-state index in [4.69, 9.17) is 24.8 Å². The van der Waals surface area contributed by atoms with Crippen LogP contribution in [0.1, 0.15) is 168 Å². The van der Waals surface area contributed by atoms with Crippen molar-refractivity contribution in [1.29, 1.82) is 0 Å². The standard InChI is InChI=1S/C46H78NO10P/c1-3-5-7-9-11-13-15-17-19-21-23-25-27-29-31-33-35-37-44(48)54-39-42(40-55-58(52,53)56-41-43(47)46(50)51)57-45(49)38-36-34-32-30-28-26-24-22-20-18-16-14-12-10-8-6-4-2/h6,8,12-15,18,20,24,26,30,32,42-43H,3-5,7,9-11,16-17,19,21-23,25,27-29,31,33-41,47H2,1-2H3,(H,50,51)(H,52,53)/b8-6+,14-12+,15-13+,20-18+,26-24+,32-30+/t42-,43+/m1/s1. The number of carbonyl (C=O) groups excluding carboxylic acids is 2. The minimum absolute atomic E-state index is 0.0795. The summed E-state index contributed by atoms with van der Waals surface area (Å²) < 4.78 is 32.6. The summed E-state index contributed by atoms with van der Waals surface area (Å²) in [4.78, 5) is 46.0. The average Bonchev–Trinajstić information content (AvgIpc) is 3.20. The maximum atomic E-state index is 12.6. The minimum Gasteiger partial charge on any atom is -0.480 e. The van der Waals surface area contributed by atoms with Crippen LogP contribution in [0.15, 0.2) is 72.9 Å². The number of unbranched alkanes of at least 4 members (excludes halogenated alkanes) is 14. The van der Waals surface area contributed by atoms with E-state index >= 15 is 0 Å². The van der Waals surface area contributed by atoms with Gasteiger partial charge in [-0.3, -0.25) is 23.4 Å². The third-order valence-corrected chi connectivity index (χ3v) is 9.89. The van der Waals surface area contributed by atoms with Crippen LogP contribution in [0.5, 0.6) is 0 Å². The smallest absolute Gasteiger partial charge is 0.472 e. The van der Waals surface area contributed by atoms with Crippen LogP contribution < -0.4 is 5.73 Å². The highest BCUT2D eigenvalue weighted by Crippen LogP contribution is 2.43. The number of carboxylic acids is 1. The number of hydrogen-bond acceptors (Lipinski definition) is 9. The second-order valence-electron chi connectivity index (χ2n) is 14.4. The van der Waals surface area contributed by atoms with Gasteiger partial charge in [-0.05, 0) is 77.0 Å². The summed E-state index contributed by atoms with van der Waals surface area (Å²) in [7, 11) is -4.74. The molecular weight excluding hydrogens is 757 g/mol. The number of carboxylic acid groups (broad SMARTS) is 1. The molecule has 1 unspecified atom stereocenters. The number of nitrogens with two attached hydrogens (primary N) is 1. The summed E-state index contributed by atoms with van der Waals surface area (Å²) in [5, 5.41) is 8.89. The first-order valence-electron chi connectivity index (χ1n) is 22.0. The van der Waals surface area contributed by atoms with Gasteiger partial charge in [0.05, 0.1) is 13.2 Å². The molecule has 0 radical (unpaired) electrons. The molecule has 0 aliphatic rings. The van der Waals surface area contributed by atoms with Gasteiger partial charge in [-0.15, -0.1) is 0 Å². The monoisotopic (exact) mass is 836 g/mol. The number of aliphatic carboxylic acids is 1. The molecule has 332 valence electrons. The van der Waals surface area contributed by atoms with Gasteiger partial charge in [-0.1, -0.05) is 151 Å². The van der Waals surface area contributed by atoms with Gasteiger partial charge in [0.2, 0.25) is 0 Å². The van der Waals surface area contributed by atoms with E-state index < -0.39 is 51.1 Å². The van der Waals surface area contributed by atoms with E-state index in [1.807, 2.05) is 12.2 Å². The second kappa shape index (κ2) is 40.7. The van der Waals surface area contributed by atoms with Crippen molar-refractivity contribution in [1.82, 2.24) is 0 Å². The molecule has 58 heavy (non-hydrogen) atoms. The first-order valence-corrected chi connectivity index (χ1v) is 23.5. The Labute approximate surface area is 350 Å². The van der Waals surface area contributed by atoms with Crippen LogP contribution in [-0.2, 0) is 37.5 Å². The number of phosphoric acid groups is 1. The third kappa shape index (κ3) is 39.7. The van der Waals surface area contributed by atoms with Gasteiger partial charge < -0.3 is 25.2 Å². The number of phosphoric ester groups is 1. The maximum Gasteiger partial charge on any atom is 0.472 e. The fourth-order valence-electron chi connectivity index (χ4n) is 5.51. The highest BCUT2D eigenvalue weighted by Gasteiger charge is 2.28. The lowest BCUT2D eigenvalue weighted by Gasteiger charge is -2.20. The fourth-order valence-corrected chi connectivity index (χ4v) is 6.28. The van der Waals surface area contributed by atoms with Crippen LogP contribution >= 0.6 is 7.82 Å². The van der Waals surface area contributed by atoms with E-state index in [0.29, 0.717) is 19.3 Å². The fraction of sp³-hybridized carbons (Fsp3) is 0.674. The maximum absolute atomic E-state index is 12.6. The number of ether oxygens (including phenoxy) is 2. The normalized spacial score (nSPS) is 14.4. The van der Waals surface area contributed by atoms with Crippen molar-refractivity contribution in [2.24, 2.45) is 5.73 Å². The average molecular weight is 836 g/mol. The van der Waals surface area contributed by atoms with Gasteiger partial charge >= 0.3 is 25.7 Å². The molecule has 12 heteroatoms. The Bertz CT molecular complexity index is 1260. The van der Waals surface area contributed by atoms with E-state index in [-0.39, 0.29) is 19.4 Å². The van der Waals surface area contributed by atoms with E-state index in [1.165, 1.54) is 70.6 Å². The van der Waals surface area contributed by atoms with Gasteiger partial charge in [-0.25, -0.2) is 4.57 Å². The highest BCUT2D eigenvalue weighted by atomic mass is 31.2. The molecular formula is C46H78NO10P. The Balaban J connectivity index is 4.46. The Hall–Kier alpha value is -3.08. The van der Waals surface area contributed by atoms with Gasteiger partial charge in [0, 0.05) is 12.8 Å². The molecule has 4 N–H and O–H groups in total. The van der Waals surface area contributed by atoms with Crippen LogP contribution in [0.2, 0.25) is 0 Å². The minimum atomic E-state index is -4.74. The van der Waals surface area contributed by atoms with Gasteiger partial charge in [-0.2, -0.15) is 0 Å². The molecule has 0 amide bonds. The molecule has 0 aromatic carbocycles. The zero-order valence-electron chi connectivity index (χ0n) is 35.9. The van der Waals surface area contributed by atoms with Crippen LogP contribution in [0, 0.1) is 0 Å². The van der Waals surface area contributed by atoms with Crippen LogP contribution in [0.4, 0.5) is 0 Å². The van der Waals surface area contributed by atoms with Gasteiger partial charge in [0.1, 0.15) is 12.6 Å². The molecule has 0 saturated carbocycles. The predicted molar refractivity (Wildman–Crippen MR) is 235 cm³/mol. The lowest BCUT2D eigenvalue weighted by molar-refractivity contribution is -0.161. The first kappa shape index (κ1) is 54.9. The van der Waals surface area contributed by atoms with Crippen molar-refractivity contribution in [2.75, 3.05) is 19.8 Å². The predicted octanol–water partition coefficient (Wildman–Crippen LogP) is 11.7. The van der Waals surface area contributed by atoms with E-state index in [9.17, 15) is 23.8 Å². The molecule has 0 heterocycles. The number of carbonyl (C=O) groups is 3. The van der Waals surface area contributed by atoms with Crippen molar-refractivity contribution >= 4 is 25.7 Å². The molecule has 0 fully saturated rings. The molecule has 0 bridgehead atoms. The van der Waals surface area contributed by atoms with E-state index in [2.05, 4.69) is 79.1 Å².